The van der Waals surface area contributed by atoms with Crippen molar-refractivity contribution >= 4 is 0 Å². The van der Waals surface area contributed by atoms with E-state index in [1.165, 1.54) is 6.07 Å². The molecule has 1 atom stereocenters. The van der Waals surface area contributed by atoms with Crippen molar-refractivity contribution < 1.29 is 4.39 Å². The van der Waals surface area contributed by atoms with Crippen LogP contribution in [0.4, 0.5) is 4.39 Å². The van der Waals surface area contributed by atoms with Gasteiger partial charge >= 0.3 is 0 Å². The minimum Gasteiger partial charge on any atom is -0.320 e. The van der Waals surface area contributed by atoms with E-state index >= 15 is 0 Å². The Hall–Kier alpha value is -1.75. The molecular formula is C13H17FN4. The number of nitrogens with zero attached hydrogens (tertiary/aromatic N) is 3. The largest absolute Gasteiger partial charge is 0.320 e. The van der Waals surface area contributed by atoms with E-state index in [1.807, 2.05) is 30.7 Å². The molecule has 0 saturated carbocycles. The van der Waals surface area contributed by atoms with Crippen LogP contribution in [0.2, 0.25) is 0 Å². The van der Waals surface area contributed by atoms with E-state index in [2.05, 4.69) is 15.5 Å². The second kappa shape index (κ2) is 5.73. The first-order chi connectivity index (χ1) is 8.72. The van der Waals surface area contributed by atoms with Crippen molar-refractivity contribution in [1.82, 2.24) is 20.1 Å². The van der Waals surface area contributed by atoms with E-state index in [1.54, 1.807) is 12.4 Å². The molecule has 0 radical (unpaired) electrons. The summed E-state index contributed by atoms with van der Waals surface area (Å²) in [5.41, 5.74) is 0.696. The van der Waals surface area contributed by atoms with Gasteiger partial charge in [0, 0.05) is 18.7 Å². The summed E-state index contributed by atoms with van der Waals surface area (Å²) in [5.74, 6) is 0.666. The van der Waals surface area contributed by atoms with E-state index in [0.717, 1.165) is 12.2 Å². The van der Waals surface area contributed by atoms with E-state index < -0.39 is 0 Å². The molecule has 1 aromatic heterocycles. The van der Waals surface area contributed by atoms with Crippen molar-refractivity contribution in [1.29, 1.82) is 0 Å². The normalized spacial score (nSPS) is 12.6. The molecule has 0 amide bonds. The highest BCUT2D eigenvalue weighted by Crippen LogP contribution is 2.19. The number of halogens is 1. The number of hydrogen-bond donors (Lipinski definition) is 1. The van der Waals surface area contributed by atoms with E-state index in [4.69, 9.17) is 0 Å². The van der Waals surface area contributed by atoms with Gasteiger partial charge in [0.2, 0.25) is 0 Å². The van der Waals surface area contributed by atoms with Gasteiger partial charge in [0.1, 0.15) is 18.0 Å². The van der Waals surface area contributed by atoms with Gasteiger partial charge < -0.3 is 9.88 Å². The molecule has 96 valence electrons. The fraction of sp³-hybridized carbons (Fsp3) is 0.385. The SMILES string of the molecule is CCC(NCc1nncn1C)c1ccccc1F. The molecule has 0 fully saturated rings. The smallest absolute Gasteiger partial charge is 0.146 e. The number of aryl methyl sites for hydroxylation is 1. The lowest BCUT2D eigenvalue weighted by atomic mass is 10.0. The first kappa shape index (κ1) is 12.7. The lowest BCUT2D eigenvalue weighted by Crippen LogP contribution is -2.22. The third-order valence-electron chi connectivity index (χ3n) is 3.00. The number of hydrogen-bond acceptors (Lipinski definition) is 3. The molecular weight excluding hydrogens is 231 g/mol. The zero-order chi connectivity index (χ0) is 13.0. The Kier molecular flexibility index (Phi) is 4.04. The van der Waals surface area contributed by atoms with Gasteiger partial charge in [-0.2, -0.15) is 0 Å². The third kappa shape index (κ3) is 2.73. The van der Waals surface area contributed by atoms with Gasteiger partial charge in [0.15, 0.2) is 0 Å². The van der Waals surface area contributed by atoms with Gasteiger partial charge in [-0.05, 0) is 12.5 Å². The summed E-state index contributed by atoms with van der Waals surface area (Å²) in [7, 11) is 1.89. The van der Waals surface area contributed by atoms with E-state index in [0.29, 0.717) is 12.1 Å². The van der Waals surface area contributed by atoms with Gasteiger partial charge in [-0.15, -0.1) is 10.2 Å². The summed E-state index contributed by atoms with van der Waals surface area (Å²) in [4.78, 5) is 0. The quantitative estimate of drug-likeness (QED) is 0.882. The van der Waals surface area contributed by atoms with Crippen LogP contribution >= 0.6 is 0 Å². The van der Waals surface area contributed by atoms with Gasteiger partial charge in [0.05, 0.1) is 6.54 Å². The molecule has 1 heterocycles. The van der Waals surface area contributed by atoms with Crippen LogP contribution in [-0.2, 0) is 13.6 Å². The summed E-state index contributed by atoms with van der Waals surface area (Å²) in [6.45, 7) is 2.60. The molecule has 4 nitrogen and oxygen atoms in total. The minimum atomic E-state index is -0.171. The molecule has 1 aromatic carbocycles. The van der Waals surface area contributed by atoms with Crippen molar-refractivity contribution in [3.8, 4) is 0 Å². The van der Waals surface area contributed by atoms with Gasteiger partial charge in [-0.25, -0.2) is 4.39 Å². The van der Waals surface area contributed by atoms with Crippen LogP contribution in [0.1, 0.15) is 30.8 Å². The van der Waals surface area contributed by atoms with Crippen molar-refractivity contribution in [3.63, 3.8) is 0 Å². The molecule has 5 heteroatoms. The van der Waals surface area contributed by atoms with Crippen molar-refractivity contribution in [3.05, 3.63) is 47.8 Å². The Morgan fingerprint density at radius 1 is 1.39 bits per heavy atom. The van der Waals surface area contributed by atoms with Gasteiger partial charge in [-0.3, -0.25) is 0 Å². The molecule has 0 aliphatic rings. The van der Waals surface area contributed by atoms with Gasteiger partial charge in [0.25, 0.3) is 0 Å². The van der Waals surface area contributed by atoms with Crippen LogP contribution in [0, 0.1) is 5.82 Å². The number of rotatable bonds is 5. The maximum atomic E-state index is 13.7. The zero-order valence-electron chi connectivity index (χ0n) is 10.6. The van der Waals surface area contributed by atoms with Crippen LogP contribution in [0.15, 0.2) is 30.6 Å². The Labute approximate surface area is 106 Å². The van der Waals surface area contributed by atoms with Crippen molar-refractivity contribution in [2.75, 3.05) is 0 Å². The standard InChI is InChI=1S/C13H17FN4/c1-3-12(10-6-4-5-7-11(10)14)15-8-13-17-16-9-18(13)2/h4-7,9,12,15H,3,8H2,1-2H3. The van der Waals surface area contributed by atoms with Crippen LogP contribution < -0.4 is 5.32 Å². The molecule has 2 rings (SSSR count). The molecule has 0 saturated heterocycles. The molecule has 0 aliphatic heterocycles. The molecule has 2 aromatic rings. The van der Waals surface area contributed by atoms with E-state index in [9.17, 15) is 4.39 Å². The number of nitrogens with one attached hydrogen (secondary N) is 1. The van der Waals surface area contributed by atoms with Crippen LogP contribution in [0.3, 0.4) is 0 Å². The second-order valence-electron chi connectivity index (χ2n) is 4.22. The highest BCUT2D eigenvalue weighted by atomic mass is 19.1. The number of aromatic nitrogens is 3. The van der Waals surface area contributed by atoms with Crippen LogP contribution in [0.5, 0.6) is 0 Å². The predicted octanol–water partition coefficient (Wildman–Crippen LogP) is 2.20. The fourth-order valence-electron chi connectivity index (χ4n) is 1.91. The maximum absolute atomic E-state index is 13.7. The summed E-state index contributed by atoms with van der Waals surface area (Å²) in [6.07, 6.45) is 2.47. The Morgan fingerprint density at radius 3 is 2.78 bits per heavy atom. The Morgan fingerprint density at radius 2 is 2.17 bits per heavy atom. The Balaban J connectivity index is 2.07. The Bertz CT molecular complexity index is 509. The average Bonchev–Trinajstić information content (AvgIpc) is 2.78. The van der Waals surface area contributed by atoms with Crippen LogP contribution in [-0.4, -0.2) is 14.8 Å². The summed E-state index contributed by atoms with van der Waals surface area (Å²) < 4.78 is 15.5. The molecule has 18 heavy (non-hydrogen) atoms. The lowest BCUT2D eigenvalue weighted by molar-refractivity contribution is 0.476. The minimum absolute atomic E-state index is 0.0112. The molecule has 1 unspecified atom stereocenters. The highest BCUT2D eigenvalue weighted by Gasteiger charge is 2.13. The zero-order valence-corrected chi connectivity index (χ0v) is 10.6. The summed E-state index contributed by atoms with van der Waals surface area (Å²) in [5, 5.41) is 11.1. The average molecular weight is 248 g/mol. The second-order valence-corrected chi connectivity index (χ2v) is 4.22. The molecule has 0 spiro atoms. The lowest BCUT2D eigenvalue weighted by Gasteiger charge is -2.17. The topological polar surface area (TPSA) is 42.7 Å². The van der Waals surface area contributed by atoms with Crippen molar-refractivity contribution in [2.45, 2.75) is 25.9 Å². The van der Waals surface area contributed by atoms with E-state index in [-0.39, 0.29) is 11.9 Å². The number of benzene rings is 1. The summed E-state index contributed by atoms with van der Waals surface area (Å²) in [6, 6.07) is 6.84. The predicted molar refractivity (Wildman–Crippen MR) is 67.3 cm³/mol. The summed E-state index contributed by atoms with van der Waals surface area (Å²) >= 11 is 0. The first-order valence-electron chi connectivity index (χ1n) is 6.03. The van der Waals surface area contributed by atoms with Crippen molar-refractivity contribution in [2.24, 2.45) is 7.05 Å². The third-order valence-corrected chi connectivity index (χ3v) is 3.00. The highest BCUT2D eigenvalue weighted by molar-refractivity contribution is 5.21. The molecule has 0 bridgehead atoms. The van der Waals surface area contributed by atoms with Gasteiger partial charge in [-0.1, -0.05) is 25.1 Å². The molecule has 0 aliphatic carbocycles. The van der Waals surface area contributed by atoms with Crippen LogP contribution in [0.25, 0.3) is 0 Å². The monoisotopic (exact) mass is 248 g/mol. The fourth-order valence-corrected chi connectivity index (χ4v) is 1.91. The maximum Gasteiger partial charge on any atom is 0.146 e. The first-order valence-corrected chi connectivity index (χ1v) is 6.03. The molecule has 1 N–H and O–H groups in total.